The van der Waals surface area contributed by atoms with E-state index in [1.807, 2.05) is 24.4 Å². The minimum absolute atomic E-state index is 0. The molecule has 3 nitrogen and oxygen atoms in total. The molecule has 1 radical (unpaired) electrons. The number of nitrogens with zero attached hydrogens (tertiary/aromatic N) is 3. The van der Waals surface area contributed by atoms with Crippen molar-refractivity contribution < 1.29 is 28.3 Å². The number of aryl methyl sites for hydroxylation is 2. The maximum Gasteiger partial charge on any atom is 0.0594 e. The van der Waals surface area contributed by atoms with Crippen LogP contribution in [-0.2, 0) is 20.1 Å². The summed E-state index contributed by atoms with van der Waals surface area (Å²) in [7, 11) is 0. The zero-order valence-electron chi connectivity index (χ0n) is 33.1. The van der Waals surface area contributed by atoms with Crippen LogP contribution in [0.1, 0.15) is 69.3 Å². The molecule has 0 spiro atoms. The molecule has 0 aliphatic carbocycles. The molecule has 0 unspecified atom stereocenters. The van der Waals surface area contributed by atoms with Crippen molar-refractivity contribution in [1.29, 1.82) is 0 Å². The Hall–Kier alpha value is -4.89. The van der Waals surface area contributed by atoms with E-state index < -0.39 is 13.7 Å². The number of para-hydroxylation sites is 2. The number of anilines is 3. The van der Waals surface area contributed by atoms with Gasteiger partial charge in [-0.05, 0) is 80.5 Å². The van der Waals surface area contributed by atoms with E-state index in [-0.39, 0.29) is 31.2 Å². The molecular weight excluding hydrogens is 763 g/mol. The van der Waals surface area contributed by atoms with E-state index in [9.17, 15) is 0 Å². The molecule has 0 amide bonds. The van der Waals surface area contributed by atoms with Crippen LogP contribution in [0.5, 0.6) is 0 Å². The molecule has 0 fully saturated rings. The van der Waals surface area contributed by atoms with Crippen LogP contribution in [0.2, 0.25) is 0 Å². The molecule has 0 saturated carbocycles. The summed E-state index contributed by atoms with van der Waals surface area (Å²) in [6.07, 6.45) is 3.14. The molecule has 0 saturated heterocycles. The maximum absolute atomic E-state index is 7.28. The molecule has 0 bridgehead atoms. The van der Waals surface area contributed by atoms with Crippen molar-refractivity contribution in [2.45, 2.75) is 41.4 Å². The summed E-state index contributed by atoms with van der Waals surface area (Å²) < 4.78 is 43.6. The van der Waals surface area contributed by atoms with Gasteiger partial charge >= 0.3 is 0 Å². The van der Waals surface area contributed by atoms with Crippen LogP contribution in [0.3, 0.4) is 0 Å². The molecule has 4 heterocycles. The monoisotopic (exact) mass is 806 g/mol. The summed E-state index contributed by atoms with van der Waals surface area (Å²) in [4.78, 5) is 11.1. The van der Waals surface area contributed by atoms with Gasteiger partial charge in [0, 0.05) is 51.9 Å². The van der Waals surface area contributed by atoms with E-state index in [1.165, 1.54) is 86.0 Å². The molecule has 8 rings (SSSR count). The maximum atomic E-state index is 7.28. The van der Waals surface area contributed by atoms with Crippen molar-refractivity contribution in [1.82, 2.24) is 9.97 Å². The Bertz CT molecular complexity index is 2320. The molecule has 48 heavy (non-hydrogen) atoms. The first-order valence-corrected chi connectivity index (χ1v) is 15.6. The van der Waals surface area contributed by atoms with Crippen LogP contribution in [0.4, 0.5) is 17.1 Å². The Balaban J connectivity index is 0.000000205. The van der Waals surface area contributed by atoms with Crippen LogP contribution in [-0.4, -0.2) is 9.97 Å². The minimum Gasteiger partial charge on any atom is -0.326 e. The van der Waals surface area contributed by atoms with Gasteiger partial charge in [-0.3, -0.25) is 0 Å². The van der Waals surface area contributed by atoms with Gasteiger partial charge in [0.15, 0.2) is 0 Å². The van der Waals surface area contributed by atoms with Crippen molar-refractivity contribution in [3.05, 3.63) is 172 Å². The second-order valence-electron chi connectivity index (χ2n) is 12.1. The Morgan fingerprint density at radius 2 is 1.27 bits per heavy atom. The van der Waals surface area contributed by atoms with Crippen molar-refractivity contribution in [2.75, 3.05) is 4.90 Å². The van der Waals surface area contributed by atoms with E-state index in [1.54, 1.807) is 12.1 Å². The van der Waals surface area contributed by atoms with Gasteiger partial charge in [0.1, 0.15) is 0 Å². The summed E-state index contributed by atoms with van der Waals surface area (Å²) >= 11 is 0. The molecule has 0 N–H and O–H groups in total. The minimum atomic E-state index is -2.18. The molecule has 0 atom stereocenters. The van der Waals surface area contributed by atoms with Gasteiger partial charge in [0.05, 0.1) is 11.4 Å². The molecule has 2 aliphatic heterocycles. The second-order valence-corrected chi connectivity index (χ2v) is 12.1. The normalized spacial score (nSPS) is 14.5. The molecule has 4 heteroatoms. The van der Waals surface area contributed by atoms with Crippen LogP contribution in [0, 0.1) is 25.8 Å². The van der Waals surface area contributed by atoms with E-state index in [0.29, 0.717) is 11.3 Å². The van der Waals surface area contributed by atoms with Gasteiger partial charge in [-0.1, -0.05) is 89.8 Å². The van der Waals surface area contributed by atoms with Gasteiger partial charge in [-0.25, -0.2) is 0 Å². The zero-order chi connectivity index (χ0) is 37.7. The summed E-state index contributed by atoms with van der Waals surface area (Å²) in [5, 5.41) is 0. The number of pyridine rings is 2. The smallest absolute Gasteiger partial charge is 0.0594 e. The topological polar surface area (TPSA) is 29.0 Å². The Morgan fingerprint density at radius 1 is 0.604 bits per heavy atom. The predicted octanol–water partition coefficient (Wildman–Crippen LogP) is 11.5. The number of hydrogen-bond acceptors (Lipinski definition) is 3. The molecular formula is C44H37IrN3-2. The van der Waals surface area contributed by atoms with Gasteiger partial charge in [0.25, 0.3) is 0 Å². The van der Waals surface area contributed by atoms with Crippen LogP contribution in [0.25, 0.3) is 33.7 Å². The Kier molecular flexibility index (Phi) is 7.44. The number of fused-ring (bicyclic) bond motifs is 4. The largest absolute Gasteiger partial charge is 0.326 e. The van der Waals surface area contributed by atoms with Crippen LogP contribution in [0.15, 0.2) is 127 Å². The summed E-state index contributed by atoms with van der Waals surface area (Å²) in [5.74, 6) is 0. The van der Waals surface area contributed by atoms with E-state index in [0.717, 1.165) is 11.3 Å². The second kappa shape index (κ2) is 13.7. The van der Waals surface area contributed by atoms with Gasteiger partial charge in [-0.2, -0.15) is 0 Å². The third-order valence-electron chi connectivity index (χ3n) is 8.44. The van der Waals surface area contributed by atoms with E-state index >= 15 is 0 Å². The Morgan fingerprint density at radius 3 is 1.92 bits per heavy atom. The number of aromatic nitrogens is 2. The first-order valence-electron chi connectivity index (χ1n) is 18.6. The zero-order valence-corrected chi connectivity index (χ0v) is 29.5. The molecule has 6 aromatic rings. The van der Waals surface area contributed by atoms with Gasteiger partial charge < -0.3 is 14.9 Å². The summed E-state index contributed by atoms with van der Waals surface area (Å²) in [6.45, 7) is 4.51. The third kappa shape index (κ3) is 5.99. The summed E-state index contributed by atoms with van der Waals surface area (Å²) in [6, 6.07) is 39.9. The SMILES string of the molecule is CC(C)=C1c2ccccc2N2c3cc(-c4ccccn4)[c-]cc3C(=C(C)C)c3cccc1c32.[2H]C([2H])([2H])c1c[c-]c(-c2ccc(C([2H])([2H])[2H])cn2)cc1.[Ir]. The van der Waals surface area contributed by atoms with Gasteiger partial charge in [0.2, 0.25) is 0 Å². The fourth-order valence-corrected chi connectivity index (χ4v) is 6.48. The number of allylic oxidation sites excluding steroid dienone is 2. The van der Waals surface area contributed by atoms with Crippen LogP contribution < -0.4 is 4.90 Å². The predicted molar refractivity (Wildman–Crippen MR) is 196 cm³/mol. The van der Waals surface area contributed by atoms with Crippen LogP contribution >= 0.6 is 0 Å². The van der Waals surface area contributed by atoms with Crippen molar-refractivity contribution >= 4 is 28.2 Å². The summed E-state index contributed by atoms with van der Waals surface area (Å²) in [5.41, 5.74) is 17.5. The van der Waals surface area contributed by atoms with Crippen molar-refractivity contribution in [3.63, 3.8) is 0 Å². The quantitative estimate of drug-likeness (QED) is 0.163. The number of hydrogen-bond donors (Lipinski definition) is 0. The molecule has 2 aliphatic rings. The fourth-order valence-electron chi connectivity index (χ4n) is 6.48. The average molecular weight is 806 g/mol. The fraction of sp³-hybridized carbons (Fsp3) is 0.136. The third-order valence-corrected chi connectivity index (χ3v) is 8.44. The number of benzene rings is 4. The average Bonchev–Trinajstić information content (AvgIpc) is 3.14. The molecule has 4 aromatic carbocycles. The molecule has 2 aromatic heterocycles. The Labute approximate surface area is 306 Å². The standard InChI is InChI=1S/C31H25N2.C13H12N.Ir/c1-19(2)29-22-10-5-6-14-27(22)33-28-18-21(26-13-7-8-17-32-26)15-16-23(28)30(20(3)4)25-12-9-11-24(29)31(25)33;1-10-3-6-12(7-4-10)13-8-5-11(2)9-14-13;/h5-14,16-18H,1-4H3;3-6,8-9H,1-2H3;/q2*-1;/i;1D3,2D3;. The number of rotatable bonds is 2. The van der Waals surface area contributed by atoms with Gasteiger partial charge in [-0.15, -0.1) is 59.2 Å². The van der Waals surface area contributed by atoms with Crippen molar-refractivity contribution in [2.24, 2.45) is 0 Å². The van der Waals surface area contributed by atoms with E-state index in [2.05, 4.69) is 109 Å². The van der Waals surface area contributed by atoms with Crippen molar-refractivity contribution in [3.8, 4) is 22.5 Å². The van der Waals surface area contributed by atoms with E-state index in [4.69, 9.17) is 8.22 Å². The first-order chi connectivity index (χ1) is 25.2. The molecule has 239 valence electrons. The first kappa shape index (κ1) is 26.1.